The summed E-state index contributed by atoms with van der Waals surface area (Å²) in [5.41, 5.74) is 2.33. The molecule has 0 aliphatic rings. The maximum Gasteiger partial charge on any atom is 0.339 e. The van der Waals surface area contributed by atoms with Crippen molar-refractivity contribution in [2.45, 2.75) is 31.8 Å². The number of carbonyl (C=O) groups excluding carboxylic acids is 2. The molecule has 26 heavy (non-hydrogen) atoms. The maximum absolute atomic E-state index is 12.4. The lowest BCUT2D eigenvalue weighted by molar-refractivity contribution is -0.123. The van der Waals surface area contributed by atoms with Gasteiger partial charge < -0.3 is 10.1 Å². The van der Waals surface area contributed by atoms with Gasteiger partial charge in [-0.1, -0.05) is 23.8 Å². The molecule has 1 N–H and O–H groups in total. The van der Waals surface area contributed by atoms with Crippen LogP contribution in [-0.2, 0) is 19.4 Å². The highest BCUT2D eigenvalue weighted by Gasteiger charge is 2.21. The van der Waals surface area contributed by atoms with Gasteiger partial charge in [-0.25, -0.2) is 13.2 Å². The highest BCUT2D eigenvalue weighted by Crippen LogP contribution is 2.17. The predicted molar refractivity (Wildman–Crippen MR) is 99.0 cm³/mol. The molecule has 0 aliphatic heterocycles. The van der Waals surface area contributed by atoms with Crippen molar-refractivity contribution in [3.8, 4) is 0 Å². The fourth-order valence-electron chi connectivity index (χ4n) is 2.21. The molecule has 2 aromatic rings. The predicted octanol–water partition coefficient (Wildman–Crippen LogP) is 2.89. The second-order valence-electron chi connectivity index (χ2n) is 6.15. The van der Waals surface area contributed by atoms with Crippen LogP contribution in [-0.4, -0.2) is 32.7 Å². The lowest BCUT2D eigenvalue weighted by Gasteiger charge is -2.15. The van der Waals surface area contributed by atoms with Crippen molar-refractivity contribution in [1.29, 1.82) is 0 Å². The highest BCUT2D eigenvalue weighted by molar-refractivity contribution is 7.90. The normalized spacial score (nSPS) is 12.3. The average Bonchev–Trinajstić information content (AvgIpc) is 2.56. The molecule has 0 fully saturated rings. The Morgan fingerprint density at radius 2 is 1.65 bits per heavy atom. The van der Waals surface area contributed by atoms with Crippen molar-refractivity contribution in [3.63, 3.8) is 0 Å². The first-order chi connectivity index (χ1) is 12.1. The Labute approximate surface area is 153 Å². The van der Waals surface area contributed by atoms with Crippen molar-refractivity contribution < 1.29 is 22.7 Å². The molecule has 0 bridgehead atoms. The van der Waals surface area contributed by atoms with Crippen LogP contribution in [0.4, 0.5) is 5.69 Å². The molecule has 0 aliphatic carbocycles. The third-order valence-electron chi connectivity index (χ3n) is 3.83. The molecule has 6 nitrogen and oxygen atoms in total. The molecule has 7 heteroatoms. The molecule has 0 saturated carbocycles. The molecule has 138 valence electrons. The van der Waals surface area contributed by atoms with E-state index in [0.29, 0.717) is 11.3 Å². The Kier molecular flexibility index (Phi) is 5.82. The van der Waals surface area contributed by atoms with Gasteiger partial charge in [0, 0.05) is 11.9 Å². The van der Waals surface area contributed by atoms with Crippen molar-refractivity contribution in [2.75, 3.05) is 11.6 Å². The molecule has 1 atom stereocenters. The van der Waals surface area contributed by atoms with E-state index >= 15 is 0 Å². The number of benzene rings is 2. The maximum atomic E-state index is 12.4. The number of esters is 1. The van der Waals surface area contributed by atoms with E-state index in [9.17, 15) is 18.0 Å². The average molecular weight is 375 g/mol. The zero-order chi connectivity index (χ0) is 19.5. The minimum atomic E-state index is -3.45. The molecule has 0 radical (unpaired) electrons. The Bertz CT molecular complexity index is 933. The molecule has 1 amide bonds. The van der Waals surface area contributed by atoms with E-state index < -0.39 is 27.8 Å². The first-order valence-corrected chi connectivity index (χ1v) is 9.86. The lowest BCUT2D eigenvalue weighted by Crippen LogP contribution is -2.30. The van der Waals surface area contributed by atoms with Gasteiger partial charge in [-0.2, -0.15) is 0 Å². The van der Waals surface area contributed by atoms with Crippen molar-refractivity contribution in [3.05, 3.63) is 59.2 Å². The van der Waals surface area contributed by atoms with Crippen LogP contribution in [0.1, 0.15) is 28.4 Å². The molecular formula is C19H21NO5S. The van der Waals surface area contributed by atoms with Crippen molar-refractivity contribution in [1.82, 2.24) is 0 Å². The molecule has 0 saturated heterocycles. The summed E-state index contributed by atoms with van der Waals surface area (Å²) in [6.07, 6.45) is 0.0230. The van der Waals surface area contributed by atoms with Gasteiger partial charge in [0.1, 0.15) is 0 Å². The highest BCUT2D eigenvalue weighted by atomic mass is 32.2. The van der Waals surface area contributed by atoms with Gasteiger partial charge in [-0.15, -0.1) is 0 Å². The fourth-order valence-corrected chi connectivity index (χ4v) is 2.86. The Morgan fingerprint density at radius 3 is 2.23 bits per heavy atom. The zero-order valence-electron chi connectivity index (χ0n) is 15.1. The van der Waals surface area contributed by atoms with E-state index in [1.54, 1.807) is 19.1 Å². The largest absolute Gasteiger partial charge is 0.449 e. The van der Waals surface area contributed by atoms with Crippen LogP contribution in [0.25, 0.3) is 0 Å². The number of sulfone groups is 1. The number of ether oxygens (including phenoxy) is 1. The summed E-state index contributed by atoms with van der Waals surface area (Å²) in [7, 11) is -3.45. The van der Waals surface area contributed by atoms with Crippen LogP contribution < -0.4 is 5.32 Å². The second-order valence-corrected chi connectivity index (χ2v) is 8.17. The lowest BCUT2D eigenvalue weighted by atomic mass is 10.1. The minimum Gasteiger partial charge on any atom is -0.449 e. The van der Waals surface area contributed by atoms with Gasteiger partial charge in [0.2, 0.25) is 0 Å². The van der Waals surface area contributed by atoms with Gasteiger partial charge in [-0.05, 0) is 50.6 Å². The first kappa shape index (κ1) is 19.7. The summed E-state index contributed by atoms with van der Waals surface area (Å²) in [5.74, 6) is -1.22. The van der Waals surface area contributed by atoms with Crippen LogP contribution in [0.2, 0.25) is 0 Å². The number of carbonyl (C=O) groups is 2. The van der Waals surface area contributed by atoms with Crippen LogP contribution in [0, 0.1) is 13.8 Å². The molecule has 0 heterocycles. The van der Waals surface area contributed by atoms with E-state index in [-0.39, 0.29) is 10.5 Å². The zero-order valence-corrected chi connectivity index (χ0v) is 15.9. The molecular weight excluding hydrogens is 354 g/mol. The molecule has 2 aromatic carbocycles. The quantitative estimate of drug-likeness (QED) is 0.812. The van der Waals surface area contributed by atoms with Gasteiger partial charge in [0.05, 0.1) is 10.5 Å². The number of hydrogen-bond acceptors (Lipinski definition) is 5. The summed E-state index contributed by atoms with van der Waals surface area (Å²) in [4.78, 5) is 24.6. The fraction of sp³-hybridized carbons (Fsp3) is 0.263. The smallest absolute Gasteiger partial charge is 0.339 e. The van der Waals surface area contributed by atoms with Gasteiger partial charge >= 0.3 is 5.97 Å². The number of rotatable bonds is 5. The summed E-state index contributed by atoms with van der Waals surface area (Å²) < 4.78 is 28.5. The molecule has 2 rings (SSSR count). The topological polar surface area (TPSA) is 89.5 Å². The molecule has 0 aromatic heterocycles. The van der Waals surface area contributed by atoms with Gasteiger partial charge in [0.25, 0.3) is 5.91 Å². The van der Waals surface area contributed by atoms with E-state index in [4.69, 9.17) is 4.74 Å². The van der Waals surface area contributed by atoms with Crippen molar-refractivity contribution in [2.24, 2.45) is 0 Å². The van der Waals surface area contributed by atoms with Gasteiger partial charge in [0.15, 0.2) is 15.9 Å². The Balaban J connectivity index is 2.11. The second kappa shape index (κ2) is 7.70. The Hall–Kier alpha value is -2.67. The summed E-state index contributed by atoms with van der Waals surface area (Å²) in [5, 5.41) is 2.66. The molecule has 0 unspecified atom stereocenters. The van der Waals surface area contributed by atoms with Crippen LogP contribution in [0.15, 0.2) is 47.4 Å². The van der Waals surface area contributed by atoms with Crippen LogP contribution in [0.3, 0.4) is 0 Å². The number of anilines is 1. The number of aryl methyl sites for hydroxylation is 2. The van der Waals surface area contributed by atoms with Crippen LogP contribution >= 0.6 is 0 Å². The SMILES string of the molecule is Cc1ccc(NC(=O)[C@@H](C)OC(=O)c2cc(S(C)(=O)=O)ccc2C)cc1. The monoisotopic (exact) mass is 375 g/mol. The Morgan fingerprint density at radius 1 is 1.04 bits per heavy atom. The number of nitrogens with one attached hydrogen (secondary N) is 1. The first-order valence-electron chi connectivity index (χ1n) is 7.97. The van der Waals surface area contributed by atoms with Gasteiger partial charge in [-0.3, -0.25) is 4.79 Å². The standard InChI is InChI=1S/C19H21NO5S/c1-12-5-8-15(9-6-12)20-18(21)14(3)25-19(22)17-11-16(26(4,23)24)10-7-13(17)2/h5-11,14H,1-4H3,(H,20,21)/t14-/m1/s1. The van der Waals surface area contributed by atoms with E-state index in [1.807, 2.05) is 19.1 Å². The summed E-state index contributed by atoms with van der Waals surface area (Å²) in [6.45, 7) is 5.06. The summed E-state index contributed by atoms with van der Waals surface area (Å²) in [6, 6.07) is 11.4. The third-order valence-corrected chi connectivity index (χ3v) is 4.94. The van der Waals surface area contributed by atoms with Crippen molar-refractivity contribution >= 4 is 27.4 Å². The van der Waals surface area contributed by atoms with E-state index in [2.05, 4.69) is 5.32 Å². The van der Waals surface area contributed by atoms with E-state index in [0.717, 1.165) is 11.8 Å². The third kappa shape index (κ3) is 4.92. The number of amides is 1. The van der Waals surface area contributed by atoms with E-state index in [1.165, 1.54) is 25.1 Å². The minimum absolute atomic E-state index is 0.0202. The number of hydrogen-bond donors (Lipinski definition) is 1. The van der Waals surface area contributed by atoms with Crippen LogP contribution in [0.5, 0.6) is 0 Å². The summed E-state index contributed by atoms with van der Waals surface area (Å²) >= 11 is 0. The molecule has 0 spiro atoms.